The van der Waals surface area contributed by atoms with Crippen molar-refractivity contribution < 1.29 is 26.2 Å². The van der Waals surface area contributed by atoms with E-state index in [9.17, 15) is 22.0 Å². The SMILES string of the molecule is Cc1ccc(/C=C(\OS(=O)(=O)c2ccc(C)cc2)C(=O)C(F)F)cc1. The first-order valence-corrected chi connectivity index (χ1v) is 8.72. The maximum Gasteiger partial charge on any atom is 0.339 e. The largest absolute Gasteiger partial charge is 0.375 e. The van der Waals surface area contributed by atoms with Gasteiger partial charge in [0.05, 0.1) is 0 Å². The van der Waals surface area contributed by atoms with Gasteiger partial charge in [0, 0.05) is 0 Å². The minimum atomic E-state index is -4.41. The van der Waals surface area contributed by atoms with Crippen molar-refractivity contribution in [3.8, 4) is 0 Å². The monoisotopic (exact) mass is 366 g/mol. The molecule has 0 bridgehead atoms. The lowest BCUT2D eigenvalue weighted by atomic mass is 10.1. The Hall–Kier alpha value is -2.54. The molecule has 0 aliphatic carbocycles. The Balaban J connectivity index is 2.40. The normalized spacial score (nSPS) is 12.3. The third-order valence-corrected chi connectivity index (χ3v) is 4.57. The van der Waals surface area contributed by atoms with Crippen LogP contribution in [0.4, 0.5) is 8.78 Å². The molecule has 2 aromatic carbocycles. The second kappa shape index (κ2) is 7.57. The van der Waals surface area contributed by atoms with Crippen LogP contribution >= 0.6 is 0 Å². The van der Waals surface area contributed by atoms with Gasteiger partial charge in [-0.15, -0.1) is 0 Å². The molecule has 0 heterocycles. The molecule has 132 valence electrons. The van der Waals surface area contributed by atoms with Crippen molar-refractivity contribution in [3.63, 3.8) is 0 Å². The number of benzene rings is 2. The molecule has 0 unspecified atom stereocenters. The van der Waals surface area contributed by atoms with Gasteiger partial charge in [0.1, 0.15) is 4.90 Å². The molecule has 0 fully saturated rings. The van der Waals surface area contributed by atoms with Crippen LogP contribution in [0.2, 0.25) is 0 Å². The quantitative estimate of drug-likeness (QED) is 0.442. The molecule has 7 heteroatoms. The predicted octanol–water partition coefficient (Wildman–Crippen LogP) is 3.88. The maximum absolute atomic E-state index is 12.8. The highest BCUT2D eigenvalue weighted by molar-refractivity contribution is 7.86. The standard InChI is InChI=1S/C18H16F2O4S/c1-12-3-7-14(8-4-12)11-16(17(21)18(19)20)24-25(22,23)15-9-5-13(2)6-10-15/h3-11,18H,1-2H3/b16-11-. The van der Waals surface area contributed by atoms with E-state index in [0.717, 1.165) is 17.2 Å². The number of allylic oxidation sites excluding steroid dienone is 1. The highest BCUT2D eigenvalue weighted by Crippen LogP contribution is 2.21. The summed E-state index contributed by atoms with van der Waals surface area (Å²) < 4.78 is 54.9. The Bertz CT molecular complexity index is 884. The molecule has 0 amide bonds. The van der Waals surface area contributed by atoms with E-state index >= 15 is 0 Å². The minimum Gasteiger partial charge on any atom is -0.375 e. The summed E-state index contributed by atoms with van der Waals surface area (Å²) in [5.41, 5.74) is 2.11. The average molecular weight is 366 g/mol. The second-order valence-electron chi connectivity index (χ2n) is 5.43. The third kappa shape index (κ3) is 4.96. The number of hydrogen-bond donors (Lipinski definition) is 0. The van der Waals surface area contributed by atoms with Crippen molar-refractivity contribution in [2.75, 3.05) is 0 Å². The summed E-state index contributed by atoms with van der Waals surface area (Å²) in [5.74, 6) is -2.63. The van der Waals surface area contributed by atoms with Crippen LogP contribution in [0, 0.1) is 13.8 Å². The highest BCUT2D eigenvalue weighted by atomic mass is 32.2. The number of alkyl halides is 2. The maximum atomic E-state index is 12.8. The van der Waals surface area contributed by atoms with Gasteiger partial charge < -0.3 is 4.18 Å². The summed E-state index contributed by atoms with van der Waals surface area (Å²) in [5, 5.41) is 0. The molecular weight excluding hydrogens is 350 g/mol. The molecule has 0 atom stereocenters. The number of carbonyl (C=O) groups is 1. The zero-order valence-electron chi connectivity index (χ0n) is 13.6. The van der Waals surface area contributed by atoms with Gasteiger partial charge in [-0.3, -0.25) is 4.79 Å². The van der Waals surface area contributed by atoms with Crippen LogP contribution in [-0.2, 0) is 19.1 Å². The van der Waals surface area contributed by atoms with E-state index in [1.54, 1.807) is 31.2 Å². The van der Waals surface area contributed by atoms with E-state index in [0.29, 0.717) is 5.56 Å². The number of carbonyl (C=O) groups excluding carboxylic acids is 1. The van der Waals surface area contributed by atoms with Crippen molar-refractivity contribution in [2.24, 2.45) is 0 Å². The minimum absolute atomic E-state index is 0.227. The first-order chi connectivity index (χ1) is 11.7. The van der Waals surface area contributed by atoms with Crippen LogP contribution in [-0.4, -0.2) is 20.6 Å². The van der Waals surface area contributed by atoms with Crippen LogP contribution in [0.15, 0.2) is 59.2 Å². The summed E-state index contributed by atoms with van der Waals surface area (Å²) in [4.78, 5) is 11.4. The molecule has 0 aliphatic heterocycles. The molecule has 0 N–H and O–H groups in total. The van der Waals surface area contributed by atoms with E-state index in [1.165, 1.54) is 24.3 Å². The molecule has 2 rings (SSSR count). The van der Waals surface area contributed by atoms with Crippen molar-refractivity contribution in [1.82, 2.24) is 0 Å². The fourth-order valence-electron chi connectivity index (χ4n) is 1.93. The number of rotatable bonds is 6. The molecule has 0 spiro atoms. The lowest BCUT2D eigenvalue weighted by Gasteiger charge is -2.10. The van der Waals surface area contributed by atoms with E-state index in [4.69, 9.17) is 4.18 Å². The van der Waals surface area contributed by atoms with Crippen LogP contribution in [0.5, 0.6) is 0 Å². The Morgan fingerprint density at radius 2 is 1.44 bits per heavy atom. The van der Waals surface area contributed by atoms with Crippen molar-refractivity contribution >= 4 is 22.0 Å². The van der Waals surface area contributed by atoms with Crippen molar-refractivity contribution in [2.45, 2.75) is 25.2 Å². The first-order valence-electron chi connectivity index (χ1n) is 7.31. The van der Waals surface area contributed by atoms with Gasteiger partial charge in [-0.2, -0.15) is 8.42 Å². The van der Waals surface area contributed by atoms with E-state index in [-0.39, 0.29) is 4.90 Å². The number of halogens is 2. The Labute approximate surface area is 144 Å². The van der Waals surface area contributed by atoms with E-state index in [2.05, 4.69) is 0 Å². The van der Waals surface area contributed by atoms with Crippen LogP contribution in [0.1, 0.15) is 16.7 Å². The topological polar surface area (TPSA) is 60.4 Å². The van der Waals surface area contributed by atoms with Gasteiger partial charge >= 0.3 is 16.5 Å². The van der Waals surface area contributed by atoms with Crippen molar-refractivity contribution in [1.29, 1.82) is 0 Å². The number of ketones is 1. The molecular formula is C18H16F2O4S. The first kappa shape index (κ1) is 18.8. The zero-order valence-corrected chi connectivity index (χ0v) is 14.4. The van der Waals surface area contributed by atoms with Crippen LogP contribution in [0.3, 0.4) is 0 Å². The van der Waals surface area contributed by atoms with Gasteiger partial charge in [-0.05, 0) is 37.6 Å². The van der Waals surface area contributed by atoms with Gasteiger partial charge in [-0.25, -0.2) is 8.78 Å². The fourth-order valence-corrected chi connectivity index (χ4v) is 2.86. The fraction of sp³-hybridized carbons (Fsp3) is 0.167. The Morgan fingerprint density at radius 1 is 0.960 bits per heavy atom. The Kier molecular flexibility index (Phi) is 5.69. The van der Waals surface area contributed by atoms with E-state index in [1.807, 2.05) is 6.92 Å². The summed E-state index contributed by atoms with van der Waals surface area (Å²) in [6.45, 7) is 3.59. The summed E-state index contributed by atoms with van der Waals surface area (Å²) in [7, 11) is -4.41. The molecule has 25 heavy (non-hydrogen) atoms. The number of hydrogen-bond acceptors (Lipinski definition) is 4. The number of aryl methyl sites for hydroxylation is 2. The van der Waals surface area contributed by atoms with Crippen LogP contribution in [0.25, 0.3) is 6.08 Å². The average Bonchev–Trinajstić information content (AvgIpc) is 2.55. The van der Waals surface area contributed by atoms with Gasteiger partial charge in [0.25, 0.3) is 5.78 Å². The van der Waals surface area contributed by atoms with Gasteiger partial charge in [-0.1, -0.05) is 47.5 Å². The Morgan fingerprint density at radius 3 is 1.92 bits per heavy atom. The van der Waals surface area contributed by atoms with Crippen LogP contribution < -0.4 is 0 Å². The molecule has 0 saturated heterocycles. The summed E-state index contributed by atoms with van der Waals surface area (Å²) in [6.07, 6.45) is -2.40. The lowest BCUT2D eigenvalue weighted by Crippen LogP contribution is -2.18. The predicted molar refractivity (Wildman–Crippen MR) is 89.6 cm³/mol. The summed E-state index contributed by atoms with van der Waals surface area (Å²) >= 11 is 0. The second-order valence-corrected chi connectivity index (χ2v) is 6.98. The molecule has 0 radical (unpaired) electrons. The summed E-state index contributed by atoms with van der Waals surface area (Å²) in [6, 6.07) is 12.2. The molecule has 4 nitrogen and oxygen atoms in total. The lowest BCUT2D eigenvalue weighted by molar-refractivity contribution is -0.127. The molecule has 0 aliphatic rings. The zero-order chi connectivity index (χ0) is 18.6. The highest BCUT2D eigenvalue weighted by Gasteiger charge is 2.28. The smallest absolute Gasteiger partial charge is 0.339 e. The third-order valence-electron chi connectivity index (χ3n) is 3.33. The molecule has 0 aromatic heterocycles. The molecule has 0 saturated carbocycles. The van der Waals surface area contributed by atoms with Gasteiger partial charge in [0.2, 0.25) is 0 Å². The van der Waals surface area contributed by atoms with Crippen molar-refractivity contribution in [3.05, 3.63) is 71.0 Å². The van der Waals surface area contributed by atoms with E-state index < -0.39 is 28.1 Å². The molecule has 2 aromatic rings. The number of Topliss-reactive ketones (excluding diaryl/α,β-unsaturated/α-hetero) is 1. The van der Waals surface area contributed by atoms with Gasteiger partial charge in [0.15, 0.2) is 5.76 Å².